The Bertz CT molecular complexity index is 367. The summed E-state index contributed by atoms with van der Waals surface area (Å²) < 4.78 is 11.5. The van der Waals surface area contributed by atoms with Crippen LogP contribution in [0.1, 0.15) is 60.8 Å². The van der Waals surface area contributed by atoms with Crippen LogP contribution in [0.15, 0.2) is 12.2 Å². The summed E-state index contributed by atoms with van der Waals surface area (Å²) in [5, 5.41) is 0. The Morgan fingerprint density at radius 1 is 1.43 bits per heavy atom. The van der Waals surface area contributed by atoms with Gasteiger partial charge in [-0.3, -0.25) is 4.79 Å². The molecule has 1 saturated heterocycles. The second-order valence-corrected chi connectivity index (χ2v) is 7.45. The van der Waals surface area contributed by atoms with Gasteiger partial charge in [-0.2, -0.15) is 0 Å². The van der Waals surface area contributed by atoms with E-state index in [2.05, 4.69) is 27.4 Å². The first-order valence-electron chi connectivity index (χ1n) is 8.18. The van der Waals surface area contributed by atoms with Gasteiger partial charge in [0.2, 0.25) is 0 Å². The largest absolute Gasteiger partial charge is 0.465 e. The van der Waals surface area contributed by atoms with Crippen LogP contribution in [-0.2, 0) is 14.3 Å². The lowest BCUT2D eigenvalue weighted by molar-refractivity contribution is -0.153. The fourth-order valence-electron chi connectivity index (χ4n) is 2.50. The van der Waals surface area contributed by atoms with E-state index >= 15 is 0 Å². The molecule has 0 amide bonds. The van der Waals surface area contributed by atoms with Crippen LogP contribution in [0, 0.1) is 17.3 Å². The zero-order chi connectivity index (χ0) is 16.2. The molecule has 122 valence electrons. The van der Waals surface area contributed by atoms with Gasteiger partial charge < -0.3 is 9.47 Å². The minimum Gasteiger partial charge on any atom is -0.465 e. The molecule has 0 spiro atoms. The molecule has 0 aromatic carbocycles. The van der Waals surface area contributed by atoms with Gasteiger partial charge in [-0.15, -0.1) is 0 Å². The van der Waals surface area contributed by atoms with Gasteiger partial charge in [-0.1, -0.05) is 33.8 Å². The third-order valence-electron chi connectivity index (χ3n) is 4.45. The minimum atomic E-state index is -0.445. The molecule has 1 fully saturated rings. The zero-order valence-corrected chi connectivity index (χ0v) is 14.6. The van der Waals surface area contributed by atoms with Crippen molar-refractivity contribution in [3.05, 3.63) is 12.2 Å². The molecule has 21 heavy (non-hydrogen) atoms. The van der Waals surface area contributed by atoms with Crippen molar-refractivity contribution >= 4 is 5.97 Å². The van der Waals surface area contributed by atoms with Crippen LogP contribution in [-0.4, -0.2) is 24.8 Å². The van der Waals surface area contributed by atoms with Crippen LogP contribution >= 0.6 is 0 Å². The number of carbonyl (C=O) groups is 1. The predicted molar refractivity (Wildman–Crippen MR) is 86.1 cm³/mol. The Morgan fingerprint density at radius 2 is 2.05 bits per heavy atom. The van der Waals surface area contributed by atoms with Gasteiger partial charge >= 0.3 is 5.97 Å². The first kappa shape index (κ1) is 18.2. The number of carbonyl (C=O) groups excluding carboxylic acids is 1. The van der Waals surface area contributed by atoms with Crippen molar-refractivity contribution < 1.29 is 14.3 Å². The Morgan fingerprint density at radius 3 is 2.57 bits per heavy atom. The van der Waals surface area contributed by atoms with Crippen LogP contribution in [0.2, 0.25) is 0 Å². The van der Waals surface area contributed by atoms with Gasteiger partial charge in [0.15, 0.2) is 0 Å². The number of hydrogen-bond acceptors (Lipinski definition) is 3. The van der Waals surface area contributed by atoms with E-state index in [1.807, 2.05) is 20.8 Å². The van der Waals surface area contributed by atoms with Crippen LogP contribution in [0.25, 0.3) is 0 Å². The second-order valence-electron chi connectivity index (χ2n) is 7.45. The lowest BCUT2D eigenvalue weighted by Gasteiger charge is -2.19. The maximum atomic E-state index is 11.7. The number of rotatable bonds is 6. The molecular formula is C18H32O3. The summed E-state index contributed by atoms with van der Waals surface area (Å²) in [5.74, 6) is 0.903. The number of hydrogen-bond donors (Lipinski definition) is 0. The highest BCUT2D eigenvalue weighted by Gasteiger charge is 2.36. The Balaban J connectivity index is 2.43. The predicted octanol–water partition coefficient (Wildman–Crippen LogP) is 4.36. The smallest absolute Gasteiger partial charge is 0.311 e. The Hall–Kier alpha value is -0.830. The fraction of sp³-hybridized carbons (Fsp3) is 0.833. The summed E-state index contributed by atoms with van der Waals surface area (Å²) in [7, 11) is 0. The minimum absolute atomic E-state index is 0.0295. The van der Waals surface area contributed by atoms with E-state index in [-0.39, 0.29) is 18.2 Å². The molecule has 1 rings (SSSR count). The van der Waals surface area contributed by atoms with E-state index in [1.54, 1.807) is 0 Å². The van der Waals surface area contributed by atoms with Crippen molar-refractivity contribution in [3.8, 4) is 0 Å². The molecule has 1 aliphatic heterocycles. The summed E-state index contributed by atoms with van der Waals surface area (Å²) in [6.07, 6.45) is 3.25. The molecular weight excluding hydrogens is 264 g/mol. The molecule has 1 aliphatic rings. The number of ether oxygens (including phenoxy) is 2. The van der Waals surface area contributed by atoms with Gasteiger partial charge in [0.1, 0.15) is 0 Å². The average Bonchev–Trinajstić information content (AvgIpc) is 2.66. The van der Waals surface area contributed by atoms with Crippen molar-refractivity contribution in [2.75, 3.05) is 6.61 Å². The Labute approximate surface area is 130 Å². The average molecular weight is 296 g/mol. The lowest BCUT2D eigenvalue weighted by Crippen LogP contribution is -2.24. The maximum absolute atomic E-state index is 11.7. The lowest BCUT2D eigenvalue weighted by atomic mass is 9.90. The van der Waals surface area contributed by atoms with Crippen molar-refractivity contribution in [2.24, 2.45) is 17.3 Å². The van der Waals surface area contributed by atoms with Gasteiger partial charge in [-0.05, 0) is 38.7 Å². The molecule has 4 atom stereocenters. The molecule has 0 aliphatic carbocycles. The molecule has 0 unspecified atom stereocenters. The van der Waals surface area contributed by atoms with Crippen molar-refractivity contribution in [2.45, 2.75) is 73.0 Å². The van der Waals surface area contributed by atoms with Gasteiger partial charge in [-0.25, -0.2) is 0 Å². The summed E-state index contributed by atoms with van der Waals surface area (Å²) in [6, 6.07) is 0. The van der Waals surface area contributed by atoms with Gasteiger partial charge in [0.25, 0.3) is 0 Å². The number of esters is 1. The zero-order valence-electron chi connectivity index (χ0n) is 14.6. The first-order chi connectivity index (χ1) is 9.66. The molecule has 1 heterocycles. The normalized spacial score (nSPS) is 27.7. The highest BCUT2D eigenvalue weighted by molar-refractivity contribution is 5.75. The molecule has 0 aromatic heterocycles. The van der Waals surface area contributed by atoms with E-state index < -0.39 is 5.41 Å². The topological polar surface area (TPSA) is 35.5 Å². The summed E-state index contributed by atoms with van der Waals surface area (Å²) in [5.41, 5.74) is 0.704. The van der Waals surface area contributed by atoms with Crippen LogP contribution in [0.3, 0.4) is 0 Å². The molecule has 3 nitrogen and oxygen atoms in total. The van der Waals surface area contributed by atoms with E-state index in [1.165, 1.54) is 6.42 Å². The van der Waals surface area contributed by atoms with Gasteiger partial charge in [0, 0.05) is 12.3 Å². The van der Waals surface area contributed by atoms with Crippen molar-refractivity contribution in [1.29, 1.82) is 0 Å². The van der Waals surface area contributed by atoms with E-state index in [9.17, 15) is 4.79 Å². The van der Waals surface area contributed by atoms with Crippen molar-refractivity contribution in [1.82, 2.24) is 0 Å². The quantitative estimate of drug-likeness (QED) is 0.539. The third-order valence-corrected chi connectivity index (χ3v) is 4.45. The monoisotopic (exact) mass is 296 g/mol. The van der Waals surface area contributed by atoms with Crippen LogP contribution in [0.4, 0.5) is 0 Å². The Kier molecular flexibility index (Phi) is 6.45. The van der Waals surface area contributed by atoms with Crippen molar-refractivity contribution in [3.63, 3.8) is 0 Å². The standard InChI is InChI=1S/C18H32O3/c1-8-12(2)11-16-14(4)13(3)15(21-16)9-10-20-17(19)18(5,6)7/h12,14-16H,3,8-11H2,1-2,4-7H3/t12-,14-,15+,16-/m1/s1. The second kappa shape index (κ2) is 7.44. The van der Waals surface area contributed by atoms with Crippen LogP contribution < -0.4 is 0 Å². The van der Waals surface area contributed by atoms with Crippen LogP contribution in [0.5, 0.6) is 0 Å². The molecule has 3 heteroatoms. The van der Waals surface area contributed by atoms with Gasteiger partial charge in [0.05, 0.1) is 24.2 Å². The first-order valence-corrected chi connectivity index (χ1v) is 8.18. The third kappa shape index (κ3) is 5.14. The fourth-order valence-corrected chi connectivity index (χ4v) is 2.50. The highest BCUT2D eigenvalue weighted by atomic mass is 16.5. The van der Waals surface area contributed by atoms with E-state index in [0.29, 0.717) is 24.9 Å². The summed E-state index contributed by atoms with van der Waals surface area (Å²) >= 11 is 0. The van der Waals surface area contributed by atoms with E-state index in [0.717, 1.165) is 12.0 Å². The molecule has 0 bridgehead atoms. The van der Waals surface area contributed by atoms with E-state index in [4.69, 9.17) is 9.47 Å². The maximum Gasteiger partial charge on any atom is 0.311 e. The molecule has 0 aromatic rings. The summed E-state index contributed by atoms with van der Waals surface area (Å²) in [6.45, 7) is 16.8. The highest BCUT2D eigenvalue weighted by Crippen LogP contribution is 2.36. The molecule has 0 N–H and O–H groups in total. The molecule has 0 saturated carbocycles. The SMILES string of the molecule is C=C1[C@H](CCOC(=O)C(C)(C)C)O[C@H](C[C@H](C)CC)[C@@H]1C. The summed E-state index contributed by atoms with van der Waals surface area (Å²) in [4.78, 5) is 11.7. The molecule has 0 radical (unpaired) electrons.